The van der Waals surface area contributed by atoms with Crippen molar-refractivity contribution in [1.82, 2.24) is 0 Å². The zero-order valence-corrected chi connectivity index (χ0v) is 18.8. The van der Waals surface area contributed by atoms with Crippen molar-refractivity contribution < 1.29 is 0 Å². The van der Waals surface area contributed by atoms with Crippen LogP contribution in [0.5, 0.6) is 0 Å². The van der Waals surface area contributed by atoms with Crippen molar-refractivity contribution in [2.24, 2.45) is 57.7 Å². The summed E-state index contributed by atoms with van der Waals surface area (Å²) in [5, 5.41) is 0. The Hall–Kier alpha value is -0.260. The van der Waals surface area contributed by atoms with Crippen LogP contribution in [0.25, 0.3) is 0 Å². The summed E-state index contributed by atoms with van der Waals surface area (Å²) < 4.78 is 0. The minimum Gasteiger partial charge on any atom is -0.0842 e. The minimum absolute atomic E-state index is 0.630. The van der Waals surface area contributed by atoms with Crippen LogP contribution in [-0.4, -0.2) is 0 Å². The lowest BCUT2D eigenvalue weighted by atomic mass is 9.47. The molecule has 5 rings (SSSR count). The van der Waals surface area contributed by atoms with Gasteiger partial charge in [0.2, 0.25) is 0 Å². The minimum atomic E-state index is 0.630. The summed E-state index contributed by atoms with van der Waals surface area (Å²) in [5.74, 6) is 6.75. The molecule has 5 aliphatic carbocycles. The van der Waals surface area contributed by atoms with Crippen molar-refractivity contribution in [3.8, 4) is 0 Å². The highest BCUT2D eigenvalue weighted by molar-refractivity contribution is 5.32. The third-order valence-corrected chi connectivity index (χ3v) is 11.2. The molecule has 0 heteroatoms. The van der Waals surface area contributed by atoms with E-state index in [2.05, 4.69) is 46.8 Å². The number of hydrogen-bond acceptors (Lipinski definition) is 0. The fraction of sp³-hybridized carbons (Fsp3) is 0.926. The lowest BCUT2D eigenvalue weighted by molar-refractivity contribution is -0.0533. The number of fused-ring (bicyclic) bond motifs is 4. The summed E-state index contributed by atoms with van der Waals surface area (Å²) in [6.45, 7) is 12.8. The maximum Gasteiger partial charge on any atom is -0.00300 e. The van der Waals surface area contributed by atoms with Gasteiger partial charge in [-0.2, -0.15) is 0 Å². The maximum atomic E-state index is 2.78. The first-order chi connectivity index (χ1) is 12.8. The summed E-state index contributed by atoms with van der Waals surface area (Å²) in [4.78, 5) is 0. The Kier molecular flexibility index (Phi) is 4.25. The quantitative estimate of drug-likeness (QED) is 0.433. The topological polar surface area (TPSA) is 0 Å². The normalized spacial score (nSPS) is 53.6. The zero-order chi connectivity index (χ0) is 19.0. The van der Waals surface area contributed by atoms with Gasteiger partial charge in [0.1, 0.15) is 0 Å². The van der Waals surface area contributed by atoms with Crippen molar-refractivity contribution in [3.63, 3.8) is 0 Å². The highest BCUT2D eigenvalue weighted by Gasteiger charge is 2.72. The Morgan fingerprint density at radius 2 is 1.74 bits per heavy atom. The van der Waals surface area contributed by atoms with E-state index in [0.717, 1.165) is 41.4 Å². The number of rotatable bonds is 5. The van der Waals surface area contributed by atoms with E-state index in [1.54, 1.807) is 0 Å². The van der Waals surface area contributed by atoms with Crippen molar-refractivity contribution in [2.45, 2.75) is 98.8 Å². The Labute approximate surface area is 169 Å². The van der Waals surface area contributed by atoms with E-state index in [9.17, 15) is 0 Å². The molecule has 1 spiro atoms. The van der Waals surface area contributed by atoms with Crippen LogP contribution in [0.4, 0.5) is 0 Å². The summed E-state index contributed by atoms with van der Waals surface area (Å²) in [5.41, 5.74) is 1.94. The van der Waals surface area contributed by atoms with E-state index in [1.807, 2.05) is 0 Å². The van der Waals surface area contributed by atoms with Crippen LogP contribution in [0.2, 0.25) is 0 Å². The van der Waals surface area contributed by atoms with E-state index >= 15 is 0 Å². The van der Waals surface area contributed by atoms with Crippen molar-refractivity contribution in [2.75, 3.05) is 0 Å². The van der Waals surface area contributed by atoms with Crippen LogP contribution in [0.3, 0.4) is 0 Å². The lowest BCUT2D eigenvalue weighted by Gasteiger charge is -2.57. The van der Waals surface area contributed by atoms with Gasteiger partial charge in [-0.25, -0.2) is 0 Å². The lowest BCUT2D eigenvalue weighted by Crippen LogP contribution is -2.50. The summed E-state index contributed by atoms with van der Waals surface area (Å²) >= 11 is 0. The third kappa shape index (κ3) is 2.46. The molecular weight excluding hydrogens is 324 g/mol. The van der Waals surface area contributed by atoms with Gasteiger partial charge in [0.25, 0.3) is 0 Å². The molecule has 4 fully saturated rings. The Morgan fingerprint density at radius 1 is 0.926 bits per heavy atom. The largest absolute Gasteiger partial charge is 0.0842 e. The molecule has 152 valence electrons. The molecule has 0 bridgehead atoms. The Balaban J connectivity index is 1.34. The van der Waals surface area contributed by atoms with Crippen LogP contribution in [0.1, 0.15) is 98.8 Å². The van der Waals surface area contributed by atoms with Crippen molar-refractivity contribution >= 4 is 0 Å². The van der Waals surface area contributed by atoms with E-state index < -0.39 is 0 Å². The molecule has 0 amide bonds. The van der Waals surface area contributed by atoms with E-state index in [4.69, 9.17) is 0 Å². The molecule has 6 unspecified atom stereocenters. The summed E-state index contributed by atoms with van der Waals surface area (Å²) in [6, 6.07) is 0. The van der Waals surface area contributed by atoms with Crippen molar-refractivity contribution in [3.05, 3.63) is 12.2 Å². The van der Waals surface area contributed by atoms with Gasteiger partial charge in [-0.1, -0.05) is 66.0 Å². The predicted octanol–water partition coefficient (Wildman–Crippen LogP) is 7.88. The molecule has 0 aromatic heterocycles. The Bertz CT molecular complexity index is 616. The standard InChI is InChI=1S/C27H44/c1-18(2)7-6-8-19(3)22-9-10-23-21-12-16-27-17-20(27)11-15-26(27,5)24(21)13-14-25(22,23)4/h12,16,18-24H,6-11,13-15,17H2,1-5H3/t19?,20?,21?,22-,23?,24?,25-,26-,27?/m1/s1. The molecule has 0 nitrogen and oxygen atoms in total. The number of allylic oxidation sites excluding steroid dienone is 2. The average Bonchev–Trinajstić information content (AvgIpc) is 3.09. The van der Waals surface area contributed by atoms with Gasteiger partial charge in [-0.15, -0.1) is 0 Å². The SMILES string of the molecule is CC(C)CCCC(C)[C@H]1CCC2C3C=CC45CC4CC[C@]5(C)C3CC[C@@]21C. The van der Waals surface area contributed by atoms with Gasteiger partial charge >= 0.3 is 0 Å². The van der Waals surface area contributed by atoms with E-state index in [-0.39, 0.29) is 0 Å². The predicted molar refractivity (Wildman–Crippen MR) is 115 cm³/mol. The second-order valence-electron chi connectivity index (χ2n) is 12.6. The molecule has 0 radical (unpaired) electrons. The van der Waals surface area contributed by atoms with Gasteiger partial charge < -0.3 is 0 Å². The molecule has 0 saturated heterocycles. The molecular formula is C27H44. The fourth-order valence-corrected chi connectivity index (χ4v) is 9.55. The molecule has 5 aliphatic rings. The fourth-order valence-electron chi connectivity index (χ4n) is 9.55. The molecule has 4 saturated carbocycles. The smallest absolute Gasteiger partial charge is 0.00300 e. The Morgan fingerprint density at radius 3 is 2.48 bits per heavy atom. The molecule has 0 aromatic rings. The third-order valence-electron chi connectivity index (χ3n) is 11.2. The molecule has 0 aromatic carbocycles. The van der Waals surface area contributed by atoms with Gasteiger partial charge in [0, 0.05) is 0 Å². The van der Waals surface area contributed by atoms with Gasteiger partial charge in [-0.3, -0.25) is 0 Å². The summed E-state index contributed by atoms with van der Waals surface area (Å²) in [6.07, 6.45) is 20.6. The summed E-state index contributed by atoms with van der Waals surface area (Å²) in [7, 11) is 0. The van der Waals surface area contributed by atoms with Crippen LogP contribution in [0.15, 0.2) is 12.2 Å². The maximum absolute atomic E-state index is 2.78. The monoisotopic (exact) mass is 368 g/mol. The van der Waals surface area contributed by atoms with Crippen molar-refractivity contribution in [1.29, 1.82) is 0 Å². The number of hydrogen-bond donors (Lipinski definition) is 0. The van der Waals surface area contributed by atoms with Gasteiger partial charge in [0.05, 0.1) is 0 Å². The highest BCUT2D eigenvalue weighted by Crippen LogP contribution is 2.80. The van der Waals surface area contributed by atoms with Crippen LogP contribution >= 0.6 is 0 Å². The molecule has 0 aliphatic heterocycles. The molecule has 27 heavy (non-hydrogen) atoms. The highest BCUT2D eigenvalue weighted by atomic mass is 14.8. The average molecular weight is 369 g/mol. The first kappa shape index (κ1) is 18.7. The van der Waals surface area contributed by atoms with E-state index in [1.165, 1.54) is 64.2 Å². The molecule has 9 atom stereocenters. The molecule has 0 heterocycles. The van der Waals surface area contributed by atoms with E-state index in [0.29, 0.717) is 16.2 Å². The van der Waals surface area contributed by atoms with Gasteiger partial charge in [-0.05, 0) is 103 Å². The van der Waals surface area contributed by atoms with Crippen LogP contribution < -0.4 is 0 Å². The molecule has 0 N–H and O–H groups in total. The second kappa shape index (κ2) is 6.12. The zero-order valence-electron chi connectivity index (χ0n) is 18.8. The first-order valence-corrected chi connectivity index (χ1v) is 12.5. The van der Waals surface area contributed by atoms with Gasteiger partial charge in [0.15, 0.2) is 0 Å². The second-order valence-corrected chi connectivity index (χ2v) is 12.6. The first-order valence-electron chi connectivity index (χ1n) is 12.5. The van der Waals surface area contributed by atoms with Crippen LogP contribution in [0, 0.1) is 57.7 Å². The van der Waals surface area contributed by atoms with Crippen LogP contribution in [-0.2, 0) is 0 Å².